The van der Waals surface area contributed by atoms with Gasteiger partial charge in [0.05, 0.1) is 13.0 Å². The molecule has 0 radical (unpaired) electrons. The second-order valence-electron chi connectivity index (χ2n) is 7.85. The van der Waals surface area contributed by atoms with Crippen molar-refractivity contribution in [2.45, 2.75) is 19.8 Å². The fourth-order valence-corrected chi connectivity index (χ4v) is 3.88. The maximum Gasteiger partial charge on any atom is 0.253 e. The number of likely N-dealkylation sites (tertiary alicyclic amines) is 1. The number of methoxy groups -OCH3 is 1. The first-order valence-electron chi connectivity index (χ1n) is 9.85. The minimum atomic E-state index is -0.316. The summed E-state index contributed by atoms with van der Waals surface area (Å²) in [4.78, 5) is 27.7. The Hall–Kier alpha value is -2.53. The number of amides is 2. The number of rotatable bonds is 6. The van der Waals surface area contributed by atoms with Crippen LogP contribution in [0, 0.1) is 11.8 Å². The van der Waals surface area contributed by atoms with E-state index in [-0.39, 0.29) is 23.7 Å². The average molecular weight is 415 g/mol. The van der Waals surface area contributed by atoms with Crippen molar-refractivity contribution in [3.63, 3.8) is 0 Å². The fourth-order valence-electron chi connectivity index (χ4n) is 3.69. The highest BCUT2D eigenvalue weighted by atomic mass is 35.5. The quantitative estimate of drug-likeness (QED) is 0.777. The summed E-state index contributed by atoms with van der Waals surface area (Å²) in [5, 5.41) is 3.55. The second kappa shape index (κ2) is 9.31. The molecule has 2 amide bonds. The van der Waals surface area contributed by atoms with E-state index in [4.69, 9.17) is 16.3 Å². The number of benzene rings is 2. The lowest BCUT2D eigenvalue weighted by Crippen LogP contribution is -2.37. The molecule has 0 aliphatic carbocycles. The number of hydrogen-bond donors (Lipinski definition) is 1. The monoisotopic (exact) mass is 414 g/mol. The van der Waals surface area contributed by atoms with Gasteiger partial charge in [-0.05, 0) is 41.8 Å². The summed E-state index contributed by atoms with van der Waals surface area (Å²) in [5.74, 6) is 0.556. The largest absolute Gasteiger partial charge is 0.497 e. The van der Waals surface area contributed by atoms with Crippen LogP contribution in [-0.4, -0.2) is 43.5 Å². The number of ether oxygens (including phenoxy) is 1. The maximum absolute atomic E-state index is 13.0. The van der Waals surface area contributed by atoms with Crippen molar-refractivity contribution < 1.29 is 14.3 Å². The predicted molar refractivity (Wildman–Crippen MR) is 114 cm³/mol. The van der Waals surface area contributed by atoms with E-state index in [1.165, 1.54) is 0 Å². The van der Waals surface area contributed by atoms with E-state index < -0.39 is 0 Å². The van der Waals surface area contributed by atoms with Crippen molar-refractivity contribution in [1.29, 1.82) is 0 Å². The number of hydrogen-bond acceptors (Lipinski definition) is 3. The molecule has 2 aromatic rings. The summed E-state index contributed by atoms with van der Waals surface area (Å²) >= 11 is 6.05. The summed E-state index contributed by atoms with van der Waals surface area (Å²) in [5.41, 5.74) is 1.53. The molecule has 154 valence electrons. The van der Waals surface area contributed by atoms with Crippen molar-refractivity contribution in [3.8, 4) is 5.75 Å². The van der Waals surface area contributed by atoms with Gasteiger partial charge in [0.1, 0.15) is 5.75 Å². The van der Waals surface area contributed by atoms with Crippen LogP contribution in [0.2, 0.25) is 5.02 Å². The lowest BCUT2D eigenvalue weighted by Gasteiger charge is -2.19. The first-order valence-corrected chi connectivity index (χ1v) is 10.2. The SMILES string of the molecule is COc1cccc([C@@H]2CN(C(=O)c3cccc(Cl)c3)C[C@@H]2C(=O)NCC(C)C)c1. The fraction of sp³-hybridized carbons (Fsp3) is 0.391. The standard InChI is InChI=1S/C23H27ClN2O3/c1-15(2)12-25-22(27)21-14-26(23(28)17-7-4-8-18(24)10-17)13-20(21)16-6-5-9-19(11-16)29-3/h4-11,15,20-21H,12-14H2,1-3H3,(H,25,27)/t20-,21-/m0/s1. The van der Waals surface area contributed by atoms with Gasteiger partial charge in [-0.3, -0.25) is 9.59 Å². The van der Waals surface area contributed by atoms with Crippen LogP contribution in [0.1, 0.15) is 35.7 Å². The van der Waals surface area contributed by atoms with Gasteiger partial charge in [-0.1, -0.05) is 43.6 Å². The molecule has 1 fully saturated rings. The number of nitrogens with one attached hydrogen (secondary N) is 1. The van der Waals surface area contributed by atoms with Gasteiger partial charge in [-0.2, -0.15) is 0 Å². The van der Waals surface area contributed by atoms with Crippen molar-refractivity contribution in [2.75, 3.05) is 26.7 Å². The molecular weight excluding hydrogens is 388 g/mol. The molecule has 0 saturated carbocycles. The van der Waals surface area contributed by atoms with Crippen molar-refractivity contribution >= 4 is 23.4 Å². The van der Waals surface area contributed by atoms with E-state index in [1.807, 2.05) is 24.3 Å². The molecule has 3 rings (SSSR count). The Balaban J connectivity index is 1.86. The molecule has 0 spiro atoms. The normalized spacial score (nSPS) is 18.7. The van der Waals surface area contributed by atoms with E-state index in [0.717, 1.165) is 11.3 Å². The third kappa shape index (κ3) is 5.10. The number of carbonyl (C=O) groups excluding carboxylic acids is 2. The molecule has 1 saturated heterocycles. The lowest BCUT2D eigenvalue weighted by atomic mass is 9.88. The van der Waals surface area contributed by atoms with Gasteiger partial charge in [-0.25, -0.2) is 0 Å². The molecule has 1 aliphatic rings. The third-order valence-electron chi connectivity index (χ3n) is 5.22. The molecule has 6 heteroatoms. The molecule has 1 heterocycles. The van der Waals surface area contributed by atoms with Gasteiger partial charge < -0.3 is 15.0 Å². The summed E-state index contributed by atoms with van der Waals surface area (Å²) in [6, 6.07) is 14.6. The zero-order valence-corrected chi connectivity index (χ0v) is 17.8. The van der Waals surface area contributed by atoms with Gasteiger partial charge in [-0.15, -0.1) is 0 Å². The third-order valence-corrected chi connectivity index (χ3v) is 5.46. The second-order valence-corrected chi connectivity index (χ2v) is 8.29. The van der Waals surface area contributed by atoms with Crippen LogP contribution >= 0.6 is 11.6 Å². The molecule has 0 unspecified atom stereocenters. The minimum Gasteiger partial charge on any atom is -0.497 e. The number of halogens is 1. The Labute approximate surface area is 177 Å². The summed E-state index contributed by atoms with van der Waals surface area (Å²) in [6.07, 6.45) is 0. The van der Waals surface area contributed by atoms with Gasteiger partial charge in [0, 0.05) is 36.1 Å². The van der Waals surface area contributed by atoms with Crippen molar-refractivity contribution in [1.82, 2.24) is 10.2 Å². The number of carbonyl (C=O) groups is 2. The first kappa shape index (κ1) is 21.2. The van der Waals surface area contributed by atoms with E-state index in [1.54, 1.807) is 36.3 Å². The topological polar surface area (TPSA) is 58.6 Å². The maximum atomic E-state index is 13.0. The summed E-state index contributed by atoms with van der Waals surface area (Å²) in [7, 11) is 1.62. The zero-order valence-electron chi connectivity index (χ0n) is 17.0. The van der Waals surface area contributed by atoms with Crippen LogP contribution < -0.4 is 10.1 Å². The molecular formula is C23H27ClN2O3. The van der Waals surface area contributed by atoms with Crippen molar-refractivity contribution in [2.24, 2.45) is 11.8 Å². The molecule has 2 atom stereocenters. The molecule has 0 aromatic heterocycles. The van der Waals surface area contributed by atoms with Crippen LogP contribution in [0.15, 0.2) is 48.5 Å². The predicted octanol–water partition coefficient (Wildman–Crippen LogP) is 3.98. The zero-order chi connectivity index (χ0) is 21.0. The Morgan fingerprint density at radius 2 is 1.93 bits per heavy atom. The molecule has 1 aliphatic heterocycles. The van der Waals surface area contributed by atoms with Crippen molar-refractivity contribution in [3.05, 3.63) is 64.7 Å². The van der Waals surface area contributed by atoms with Crippen LogP contribution in [0.4, 0.5) is 0 Å². The van der Waals surface area contributed by atoms with Gasteiger partial charge in [0.15, 0.2) is 0 Å². The van der Waals surface area contributed by atoms with E-state index in [0.29, 0.717) is 36.1 Å². The molecule has 2 aromatic carbocycles. The highest BCUT2D eigenvalue weighted by Crippen LogP contribution is 2.35. The van der Waals surface area contributed by atoms with Crippen LogP contribution in [0.25, 0.3) is 0 Å². The van der Waals surface area contributed by atoms with Crippen LogP contribution in [0.3, 0.4) is 0 Å². The average Bonchev–Trinajstić information content (AvgIpc) is 3.17. The molecule has 1 N–H and O–H groups in total. The Morgan fingerprint density at radius 3 is 2.62 bits per heavy atom. The summed E-state index contributed by atoms with van der Waals surface area (Å²) < 4.78 is 5.35. The highest BCUT2D eigenvalue weighted by Gasteiger charge is 2.40. The molecule has 5 nitrogen and oxygen atoms in total. The Kier molecular flexibility index (Phi) is 6.80. The van der Waals surface area contributed by atoms with Crippen LogP contribution in [-0.2, 0) is 4.79 Å². The van der Waals surface area contributed by atoms with E-state index in [2.05, 4.69) is 19.2 Å². The Morgan fingerprint density at radius 1 is 1.17 bits per heavy atom. The van der Waals surface area contributed by atoms with Gasteiger partial charge in [0.25, 0.3) is 5.91 Å². The molecule has 0 bridgehead atoms. The van der Waals surface area contributed by atoms with Crippen LogP contribution in [0.5, 0.6) is 5.75 Å². The smallest absolute Gasteiger partial charge is 0.253 e. The number of nitrogens with zero attached hydrogens (tertiary/aromatic N) is 1. The van der Waals surface area contributed by atoms with E-state index >= 15 is 0 Å². The summed E-state index contributed by atoms with van der Waals surface area (Å²) in [6.45, 7) is 5.57. The molecule has 29 heavy (non-hydrogen) atoms. The minimum absolute atomic E-state index is 0.0205. The first-order chi connectivity index (χ1) is 13.9. The Bertz CT molecular complexity index is 884. The van der Waals surface area contributed by atoms with Gasteiger partial charge in [0.2, 0.25) is 5.91 Å². The van der Waals surface area contributed by atoms with Gasteiger partial charge >= 0.3 is 0 Å². The highest BCUT2D eigenvalue weighted by molar-refractivity contribution is 6.30. The lowest BCUT2D eigenvalue weighted by molar-refractivity contribution is -0.125. The van der Waals surface area contributed by atoms with E-state index in [9.17, 15) is 9.59 Å².